The summed E-state index contributed by atoms with van der Waals surface area (Å²) in [6.07, 6.45) is 0. The van der Waals surface area contributed by atoms with Gasteiger partial charge in [-0.3, -0.25) is 4.72 Å². The highest BCUT2D eigenvalue weighted by molar-refractivity contribution is 7.92. The monoisotopic (exact) mass is 312 g/mol. The molecule has 0 spiro atoms. The standard InChI is InChI=1S/C14H14F2N2O2S/c1-9-2-4-11(15)13(6-9)18-21(19,20)14-7-10(8-17)3-5-12(14)16/h2-7,18H,8,17H2,1H3. The SMILES string of the molecule is Cc1ccc(F)c(NS(=O)(=O)c2cc(CN)ccc2F)c1. The fourth-order valence-electron chi connectivity index (χ4n) is 1.80. The summed E-state index contributed by atoms with van der Waals surface area (Å²) < 4.78 is 53.8. The van der Waals surface area contributed by atoms with Gasteiger partial charge in [-0.05, 0) is 42.3 Å². The molecule has 0 aliphatic rings. The number of nitrogens with one attached hydrogen (secondary N) is 1. The summed E-state index contributed by atoms with van der Waals surface area (Å²) in [6.45, 7) is 1.76. The molecule has 7 heteroatoms. The average molecular weight is 312 g/mol. The maximum absolute atomic E-state index is 13.7. The summed E-state index contributed by atoms with van der Waals surface area (Å²) in [4.78, 5) is -0.564. The van der Waals surface area contributed by atoms with E-state index in [-0.39, 0.29) is 12.2 Å². The number of anilines is 1. The number of aryl methyl sites for hydroxylation is 1. The van der Waals surface area contributed by atoms with Crippen LogP contribution in [-0.4, -0.2) is 8.42 Å². The van der Waals surface area contributed by atoms with Crippen LogP contribution >= 0.6 is 0 Å². The van der Waals surface area contributed by atoms with Crippen molar-refractivity contribution in [2.24, 2.45) is 5.73 Å². The predicted molar refractivity (Wildman–Crippen MR) is 76.2 cm³/mol. The van der Waals surface area contributed by atoms with Crippen molar-refractivity contribution in [1.82, 2.24) is 0 Å². The van der Waals surface area contributed by atoms with E-state index in [0.29, 0.717) is 11.1 Å². The maximum Gasteiger partial charge on any atom is 0.264 e. The summed E-state index contributed by atoms with van der Waals surface area (Å²) >= 11 is 0. The van der Waals surface area contributed by atoms with Crippen molar-refractivity contribution in [1.29, 1.82) is 0 Å². The van der Waals surface area contributed by atoms with E-state index in [1.807, 2.05) is 0 Å². The normalized spacial score (nSPS) is 11.4. The van der Waals surface area contributed by atoms with Crippen molar-refractivity contribution in [2.45, 2.75) is 18.4 Å². The van der Waals surface area contributed by atoms with E-state index in [2.05, 4.69) is 4.72 Å². The second-order valence-corrected chi connectivity index (χ2v) is 6.21. The summed E-state index contributed by atoms with van der Waals surface area (Å²) in [5, 5.41) is 0. The Hall–Kier alpha value is -1.99. The van der Waals surface area contributed by atoms with Crippen molar-refractivity contribution in [2.75, 3.05) is 4.72 Å². The molecule has 2 aromatic rings. The van der Waals surface area contributed by atoms with Crippen LogP contribution in [0.1, 0.15) is 11.1 Å². The second-order valence-electron chi connectivity index (χ2n) is 4.56. The van der Waals surface area contributed by atoms with Crippen LogP contribution in [0.4, 0.5) is 14.5 Å². The minimum atomic E-state index is -4.24. The third-order valence-corrected chi connectivity index (χ3v) is 4.27. The van der Waals surface area contributed by atoms with Gasteiger partial charge in [-0.2, -0.15) is 0 Å². The van der Waals surface area contributed by atoms with Crippen LogP contribution in [-0.2, 0) is 16.6 Å². The fraction of sp³-hybridized carbons (Fsp3) is 0.143. The highest BCUT2D eigenvalue weighted by atomic mass is 32.2. The molecule has 0 aliphatic heterocycles. The minimum Gasteiger partial charge on any atom is -0.326 e. The number of rotatable bonds is 4. The highest BCUT2D eigenvalue weighted by Gasteiger charge is 2.21. The number of hydrogen-bond acceptors (Lipinski definition) is 3. The van der Waals surface area contributed by atoms with Crippen molar-refractivity contribution in [3.05, 3.63) is 59.2 Å². The first kappa shape index (κ1) is 15.4. The van der Waals surface area contributed by atoms with Gasteiger partial charge in [0, 0.05) is 6.54 Å². The Morgan fingerprint density at radius 2 is 1.76 bits per heavy atom. The van der Waals surface area contributed by atoms with E-state index in [0.717, 1.165) is 18.2 Å². The van der Waals surface area contributed by atoms with Crippen LogP contribution in [0, 0.1) is 18.6 Å². The van der Waals surface area contributed by atoms with Gasteiger partial charge in [0.15, 0.2) is 0 Å². The molecule has 112 valence electrons. The molecule has 2 aromatic carbocycles. The van der Waals surface area contributed by atoms with E-state index in [4.69, 9.17) is 5.73 Å². The van der Waals surface area contributed by atoms with E-state index in [1.165, 1.54) is 18.2 Å². The van der Waals surface area contributed by atoms with Gasteiger partial charge in [-0.15, -0.1) is 0 Å². The Morgan fingerprint density at radius 3 is 2.43 bits per heavy atom. The molecule has 0 aromatic heterocycles. The van der Waals surface area contributed by atoms with Gasteiger partial charge in [0.05, 0.1) is 5.69 Å². The van der Waals surface area contributed by atoms with Crippen LogP contribution in [0.15, 0.2) is 41.3 Å². The summed E-state index contributed by atoms with van der Waals surface area (Å²) in [5.41, 5.74) is 6.31. The van der Waals surface area contributed by atoms with Crippen molar-refractivity contribution >= 4 is 15.7 Å². The molecule has 0 atom stereocenters. The molecule has 3 N–H and O–H groups in total. The van der Waals surface area contributed by atoms with Gasteiger partial charge >= 0.3 is 0 Å². The summed E-state index contributed by atoms with van der Waals surface area (Å²) in [6, 6.07) is 7.51. The smallest absolute Gasteiger partial charge is 0.264 e. The quantitative estimate of drug-likeness (QED) is 0.911. The molecule has 21 heavy (non-hydrogen) atoms. The Bertz CT molecular complexity index is 777. The maximum atomic E-state index is 13.7. The summed E-state index contributed by atoms with van der Waals surface area (Å²) in [7, 11) is -4.24. The van der Waals surface area contributed by atoms with Crippen LogP contribution < -0.4 is 10.5 Å². The lowest BCUT2D eigenvalue weighted by Gasteiger charge is -2.11. The topological polar surface area (TPSA) is 72.2 Å². The fourth-order valence-corrected chi connectivity index (χ4v) is 2.98. The molecule has 0 saturated carbocycles. The number of benzene rings is 2. The molecule has 0 amide bonds. The zero-order chi connectivity index (χ0) is 15.6. The molecular formula is C14H14F2N2O2S. The zero-order valence-corrected chi connectivity index (χ0v) is 12.0. The lowest BCUT2D eigenvalue weighted by atomic mass is 10.2. The van der Waals surface area contributed by atoms with Crippen molar-refractivity contribution in [3.8, 4) is 0 Å². The van der Waals surface area contributed by atoms with Crippen LogP contribution in [0.5, 0.6) is 0 Å². The zero-order valence-electron chi connectivity index (χ0n) is 11.2. The Morgan fingerprint density at radius 1 is 1.10 bits per heavy atom. The van der Waals surface area contributed by atoms with Gasteiger partial charge in [0.1, 0.15) is 16.5 Å². The Kier molecular flexibility index (Phi) is 4.24. The number of halogens is 2. The lowest BCUT2D eigenvalue weighted by molar-refractivity contribution is 0.568. The van der Waals surface area contributed by atoms with Crippen LogP contribution in [0.2, 0.25) is 0 Å². The minimum absolute atomic E-state index is 0.0710. The molecule has 0 unspecified atom stereocenters. The first-order valence-corrected chi connectivity index (χ1v) is 7.59. The third kappa shape index (κ3) is 3.37. The van der Waals surface area contributed by atoms with E-state index in [1.54, 1.807) is 6.92 Å². The van der Waals surface area contributed by atoms with E-state index < -0.39 is 26.6 Å². The largest absolute Gasteiger partial charge is 0.326 e. The number of hydrogen-bond donors (Lipinski definition) is 2. The molecule has 0 heterocycles. The van der Waals surface area contributed by atoms with Crippen molar-refractivity contribution in [3.63, 3.8) is 0 Å². The molecule has 0 fully saturated rings. The first-order valence-electron chi connectivity index (χ1n) is 6.11. The Labute approximate surface area is 121 Å². The predicted octanol–water partition coefficient (Wildman–Crippen LogP) is 2.53. The molecule has 2 rings (SSSR count). The van der Waals surface area contributed by atoms with Gasteiger partial charge < -0.3 is 5.73 Å². The lowest BCUT2D eigenvalue weighted by Crippen LogP contribution is -2.16. The van der Waals surface area contributed by atoms with Gasteiger partial charge in [-0.25, -0.2) is 17.2 Å². The molecule has 0 aliphatic carbocycles. The van der Waals surface area contributed by atoms with Crippen LogP contribution in [0.3, 0.4) is 0 Å². The van der Waals surface area contributed by atoms with Crippen molar-refractivity contribution < 1.29 is 17.2 Å². The molecule has 0 saturated heterocycles. The Balaban J connectivity index is 2.45. The molecular weight excluding hydrogens is 298 g/mol. The highest BCUT2D eigenvalue weighted by Crippen LogP contribution is 2.22. The molecule has 4 nitrogen and oxygen atoms in total. The molecule has 0 bridgehead atoms. The van der Waals surface area contributed by atoms with Gasteiger partial charge in [0.25, 0.3) is 10.0 Å². The van der Waals surface area contributed by atoms with Gasteiger partial charge in [-0.1, -0.05) is 12.1 Å². The molecule has 0 radical (unpaired) electrons. The number of nitrogens with two attached hydrogens (primary N) is 1. The van der Waals surface area contributed by atoms with E-state index in [9.17, 15) is 17.2 Å². The van der Waals surface area contributed by atoms with E-state index >= 15 is 0 Å². The first-order chi connectivity index (χ1) is 9.83. The summed E-state index contributed by atoms with van der Waals surface area (Å²) in [5.74, 6) is -1.66. The number of sulfonamides is 1. The third-order valence-electron chi connectivity index (χ3n) is 2.89. The second kappa shape index (κ2) is 5.79. The van der Waals surface area contributed by atoms with Gasteiger partial charge in [0.2, 0.25) is 0 Å². The average Bonchev–Trinajstić information content (AvgIpc) is 2.43. The van der Waals surface area contributed by atoms with Crippen LogP contribution in [0.25, 0.3) is 0 Å².